The second-order valence-electron chi connectivity index (χ2n) is 5.63. The van der Waals surface area contributed by atoms with Crippen LogP contribution in [0.3, 0.4) is 0 Å². The third kappa shape index (κ3) is 3.68. The standard InChI is InChI=1S/C16H20N4O3/c1-9(2)8-20-15(14(16(21)22)18-19-20)11-5-6-13(12(17)7-11)23-10(3)4/h5-7,10H,1,8,17H2,2-4H3,(H,21,22). The minimum absolute atomic E-state index is 0.00617. The Labute approximate surface area is 134 Å². The number of carboxylic acids is 1. The monoisotopic (exact) mass is 316 g/mol. The molecule has 0 bridgehead atoms. The fourth-order valence-electron chi connectivity index (χ4n) is 2.17. The highest BCUT2D eigenvalue weighted by molar-refractivity contribution is 5.93. The number of allylic oxidation sites excluding steroid dienone is 1. The van der Waals surface area contributed by atoms with Gasteiger partial charge in [0.25, 0.3) is 0 Å². The summed E-state index contributed by atoms with van der Waals surface area (Å²) in [6.07, 6.45) is -0.00617. The summed E-state index contributed by atoms with van der Waals surface area (Å²) >= 11 is 0. The minimum Gasteiger partial charge on any atom is -0.489 e. The molecule has 0 aliphatic carbocycles. The van der Waals surface area contributed by atoms with Crippen molar-refractivity contribution in [3.8, 4) is 17.0 Å². The molecule has 7 nitrogen and oxygen atoms in total. The molecule has 1 aromatic heterocycles. The molecule has 2 aromatic rings. The van der Waals surface area contributed by atoms with Crippen LogP contribution in [-0.2, 0) is 6.54 Å². The molecule has 0 saturated carbocycles. The minimum atomic E-state index is -1.14. The van der Waals surface area contributed by atoms with Crippen LogP contribution >= 0.6 is 0 Å². The van der Waals surface area contributed by atoms with Crippen molar-refractivity contribution >= 4 is 11.7 Å². The molecule has 23 heavy (non-hydrogen) atoms. The maximum Gasteiger partial charge on any atom is 0.358 e. The van der Waals surface area contributed by atoms with Crippen LogP contribution in [0.5, 0.6) is 5.75 Å². The first-order valence-corrected chi connectivity index (χ1v) is 7.17. The molecular formula is C16H20N4O3. The van der Waals surface area contributed by atoms with E-state index in [2.05, 4.69) is 16.9 Å². The number of carbonyl (C=O) groups is 1. The molecule has 122 valence electrons. The van der Waals surface area contributed by atoms with Crippen LogP contribution in [0.25, 0.3) is 11.3 Å². The van der Waals surface area contributed by atoms with E-state index in [1.807, 2.05) is 20.8 Å². The predicted molar refractivity (Wildman–Crippen MR) is 87.4 cm³/mol. The maximum absolute atomic E-state index is 11.4. The van der Waals surface area contributed by atoms with E-state index in [0.717, 1.165) is 5.57 Å². The summed E-state index contributed by atoms with van der Waals surface area (Å²) in [4.78, 5) is 11.4. The molecule has 0 aliphatic heterocycles. The molecule has 0 fully saturated rings. The van der Waals surface area contributed by atoms with Gasteiger partial charge in [-0.15, -0.1) is 5.10 Å². The van der Waals surface area contributed by atoms with Gasteiger partial charge in [0, 0.05) is 5.56 Å². The highest BCUT2D eigenvalue weighted by Crippen LogP contribution is 2.30. The largest absolute Gasteiger partial charge is 0.489 e. The summed E-state index contributed by atoms with van der Waals surface area (Å²) in [5.41, 5.74) is 8.16. The number of nitrogens with zero attached hydrogens (tertiary/aromatic N) is 3. The summed E-state index contributed by atoms with van der Waals surface area (Å²) in [6, 6.07) is 5.13. The number of hydrogen-bond donors (Lipinski definition) is 2. The first-order valence-electron chi connectivity index (χ1n) is 7.17. The lowest BCUT2D eigenvalue weighted by atomic mass is 10.1. The second kappa shape index (κ2) is 6.51. The van der Waals surface area contributed by atoms with Crippen LogP contribution in [0.1, 0.15) is 31.3 Å². The van der Waals surface area contributed by atoms with Crippen molar-refractivity contribution in [3.05, 3.63) is 36.0 Å². The zero-order chi connectivity index (χ0) is 17.1. The topological polar surface area (TPSA) is 103 Å². The third-order valence-corrected chi connectivity index (χ3v) is 3.00. The zero-order valence-electron chi connectivity index (χ0n) is 13.4. The Morgan fingerprint density at radius 3 is 2.70 bits per heavy atom. The van der Waals surface area contributed by atoms with E-state index in [0.29, 0.717) is 29.2 Å². The highest BCUT2D eigenvalue weighted by atomic mass is 16.5. The second-order valence-corrected chi connectivity index (χ2v) is 5.63. The summed E-state index contributed by atoms with van der Waals surface area (Å²) in [5, 5.41) is 17.0. The summed E-state index contributed by atoms with van der Waals surface area (Å²) in [5.74, 6) is -0.589. The van der Waals surface area contributed by atoms with Crippen LogP contribution in [0.4, 0.5) is 5.69 Å². The van der Waals surface area contributed by atoms with Gasteiger partial charge < -0.3 is 15.6 Å². The van der Waals surface area contributed by atoms with Crippen molar-refractivity contribution in [2.75, 3.05) is 5.73 Å². The average Bonchev–Trinajstić information content (AvgIpc) is 2.83. The molecule has 2 rings (SSSR count). The van der Waals surface area contributed by atoms with Crippen LogP contribution in [0, 0.1) is 0 Å². The van der Waals surface area contributed by atoms with Gasteiger partial charge in [0.05, 0.1) is 18.3 Å². The normalized spacial score (nSPS) is 10.8. The van der Waals surface area contributed by atoms with E-state index in [-0.39, 0.29) is 11.8 Å². The summed E-state index contributed by atoms with van der Waals surface area (Å²) < 4.78 is 7.10. The Hall–Kier alpha value is -2.83. The summed E-state index contributed by atoms with van der Waals surface area (Å²) in [7, 11) is 0. The van der Waals surface area contributed by atoms with Crippen LogP contribution < -0.4 is 10.5 Å². The van der Waals surface area contributed by atoms with Crippen molar-refractivity contribution < 1.29 is 14.6 Å². The number of anilines is 1. The molecule has 0 atom stereocenters. The fourth-order valence-corrected chi connectivity index (χ4v) is 2.17. The van der Waals surface area contributed by atoms with Crippen LogP contribution in [0.15, 0.2) is 30.4 Å². The van der Waals surface area contributed by atoms with Gasteiger partial charge in [-0.05, 0) is 39.0 Å². The molecule has 7 heteroatoms. The molecule has 3 N–H and O–H groups in total. The average molecular weight is 316 g/mol. The van der Waals surface area contributed by atoms with Crippen molar-refractivity contribution in [2.45, 2.75) is 33.4 Å². The molecular weight excluding hydrogens is 296 g/mol. The third-order valence-electron chi connectivity index (χ3n) is 3.00. The molecule has 0 unspecified atom stereocenters. The van der Waals surface area contributed by atoms with Gasteiger partial charge >= 0.3 is 5.97 Å². The summed E-state index contributed by atoms with van der Waals surface area (Å²) in [6.45, 7) is 9.84. The number of carboxylic acid groups (broad SMARTS) is 1. The Balaban J connectivity index is 2.52. The van der Waals surface area contributed by atoms with E-state index in [1.165, 1.54) is 4.68 Å². The van der Waals surface area contributed by atoms with Gasteiger partial charge in [0.1, 0.15) is 11.4 Å². The van der Waals surface area contributed by atoms with Gasteiger partial charge in [0.15, 0.2) is 5.69 Å². The van der Waals surface area contributed by atoms with Gasteiger partial charge in [-0.25, -0.2) is 9.48 Å². The number of aromatic carboxylic acids is 1. The molecule has 0 spiro atoms. The van der Waals surface area contributed by atoms with Crippen molar-refractivity contribution in [1.29, 1.82) is 0 Å². The van der Waals surface area contributed by atoms with E-state index in [1.54, 1.807) is 18.2 Å². The zero-order valence-corrected chi connectivity index (χ0v) is 13.4. The van der Waals surface area contributed by atoms with Crippen LogP contribution in [0.2, 0.25) is 0 Å². The van der Waals surface area contributed by atoms with Gasteiger partial charge in [0.2, 0.25) is 0 Å². The number of nitrogen functional groups attached to an aromatic ring is 1. The number of hydrogen-bond acceptors (Lipinski definition) is 5. The first-order chi connectivity index (χ1) is 10.8. The Morgan fingerprint density at radius 1 is 1.48 bits per heavy atom. The Bertz CT molecular complexity index is 750. The number of ether oxygens (including phenoxy) is 1. The van der Waals surface area contributed by atoms with Gasteiger partial charge in [-0.3, -0.25) is 0 Å². The van der Waals surface area contributed by atoms with E-state index in [9.17, 15) is 9.90 Å². The van der Waals surface area contributed by atoms with Gasteiger partial charge in [-0.2, -0.15) is 0 Å². The maximum atomic E-state index is 11.4. The molecule has 1 aromatic carbocycles. The van der Waals surface area contributed by atoms with E-state index >= 15 is 0 Å². The highest BCUT2D eigenvalue weighted by Gasteiger charge is 2.21. The van der Waals surface area contributed by atoms with Crippen molar-refractivity contribution in [3.63, 3.8) is 0 Å². The van der Waals surface area contributed by atoms with Crippen LogP contribution in [-0.4, -0.2) is 32.2 Å². The lowest BCUT2D eigenvalue weighted by molar-refractivity contribution is 0.0691. The van der Waals surface area contributed by atoms with E-state index < -0.39 is 5.97 Å². The van der Waals surface area contributed by atoms with Gasteiger partial charge in [-0.1, -0.05) is 17.4 Å². The number of nitrogens with two attached hydrogens (primary N) is 1. The molecule has 0 amide bonds. The predicted octanol–water partition coefficient (Wildman–Crippen LogP) is 2.59. The fraction of sp³-hybridized carbons (Fsp3) is 0.312. The number of benzene rings is 1. The first kappa shape index (κ1) is 16.5. The van der Waals surface area contributed by atoms with Crippen molar-refractivity contribution in [1.82, 2.24) is 15.0 Å². The SMILES string of the molecule is C=C(C)Cn1nnc(C(=O)O)c1-c1ccc(OC(C)C)c(N)c1. The molecule has 0 saturated heterocycles. The molecule has 0 aliphatic rings. The smallest absolute Gasteiger partial charge is 0.358 e. The number of rotatable bonds is 6. The number of aromatic nitrogens is 3. The Kier molecular flexibility index (Phi) is 4.68. The molecule has 0 radical (unpaired) electrons. The Morgan fingerprint density at radius 2 is 2.17 bits per heavy atom. The quantitative estimate of drug-likeness (QED) is 0.627. The molecule has 1 heterocycles. The van der Waals surface area contributed by atoms with E-state index in [4.69, 9.17) is 10.5 Å². The lowest BCUT2D eigenvalue weighted by Crippen LogP contribution is -2.08. The van der Waals surface area contributed by atoms with Crippen molar-refractivity contribution in [2.24, 2.45) is 0 Å². The lowest BCUT2D eigenvalue weighted by Gasteiger charge is -2.14.